The molecule has 0 aliphatic carbocycles. The summed E-state index contributed by atoms with van der Waals surface area (Å²) in [6.07, 6.45) is 0.0419. The van der Waals surface area contributed by atoms with Crippen LogP contribution in [0.15, 0.2) is 48.5 Å². The van der Waals surface area contributed by atoms with Crippen LogP contribution in [0, 0.1) is 0 Å². The van der Waals surface area contributed by atoms with E-state index < -0.39 is 5.97 Å². The van der Waals surface area contributed by atoms with E-state index in [-0.39, 0.29) is 24.6 Å². The van der Waals surface area contributed by atoms with Gasteiger partial charge in [0, 0.05) is 31.4 Å². The molecule has 0 saturated carbocycles. The molecule has 2 aromatic rings. The third-order valence-electron chi connectivity index (χ3n) is 4.84. The Bertz CT molecular complexity index is 787. The van der Waals surface area contributed by atoms with Gasteiger partial charge in [-0.15, -0.1) is 12.4 Å². The fraction of sp³-hybridized carbons (Fsp3) is 0.381. The van der Waals surface area contributed by atoms with E-state index in [0.717, 1.165) is 30.1 Å². The molecule has 28 heavy (non-hydrogen) atoms. The van der Waals surface area contributed by atoms with Crippen LogP contribution in [-0.4, -0.2) is 50.5 Å². The van der Waals surface area contributed by atoms with Gasteiger partial charge in [0.05, 0.1) is 25.4 Å². The van der Waals surface area contributed by atoms with Crippen molar-refractivity contribution in [3.63, 3.8) is 0 Å². The second kappa shape index (κ2) is 10.3. The van der Waals surface area contributed by atoms with Gasteiger partial charge in [0.15, 0.2) is 0 Å². The molecular formula is C21H27ClN2O4. The van der Waals surface area contributed by atoms with Crippen molar-refractivity contribution in [3.8, 4) is 5.75 Å². The zero-order chi connectivity index (χ0) is 19.2. The van der Waals surface area contributed by atoms with Crippen LogP contribution in [0.25, 0.3) is 0 Å². The molecule has 2 atom stereocenters. The molecule has 6 nitrogen and oxygen atoms in total. The minimum atomic E-state index is -0.907. The van der Waals surface area contributed by atoms with Crippen LogP contribution < -0.4 is 15.0 Å². The summed E-state index contributed by atoms with van der Waals surface area (Å²) in [6.45, 7) is 4.93. The number of hydrogen-bond donors (Lipinski definition) is 2. The topological polar surface area (TPSA) is 71.0 Å². The van der Waals surface area contributed by atoms with Crippen molar-refractivity contribution < 1.29 is 19.4 Å². The third kappa shape index (κ3) is 5.61. The number of morpholine rings is 1. The summed E-state index contributed by atoms with van der Waals surface area (Å²) in [5, 5.41) is 12.7. The van der Waals surface area contributed by atoms with Gasteiger partial charge >= 0.3 is 5.97 Å². The van der Waals surface area contributed by atoms with Crippen LogP contribution in [-0.2, 0) is 4.74 Å². The average Bonchev–Trinajstić information content (AvgIpc) is 2.72. The highest BCUT2D eigenvalue weighted by atomic mass is 35.5. The number of benzene rings is 2. The molecule has 152 valence electrons. The quantitative estimate of drug-likeness (QED) is 0.734. The predicted molar refractivity (Wildman–Crippen MR) is 112 cm³/mol. The van der Waals surface area contributed by atoms with Gasteiger partial charge in [-0.05, 0) is 42.8 Å². The first-order valence-corrected chi connectivity index (χ1v) is 9.14. The van der Waals surface area contributed by atoms with Gasteiger partial charge in [-0.2, -0.15) is 0 Å². The van der Waals surface area contributed by atoms with Crippen molar-refractivity contribution in [2.75, 3.05) is 38.3 Å². The van der Waals surface area contributed by atoms with E-state index in [1.807, 2.05) is 24.3 Å². The number of carbonyl (C=O) groups is 1. The van der Waals surface area contributed by atoms with E-state index in [1.165, 1.54) is 0 Å². The number of nitrogens with zero attached hydrogens (tertiary/aromatic N) is 1. The highest BCUT2D eigenvalue weighted by Crippen LogP contribution is 2.21. The number of ether oxygens (including phenoxy) is 2. The summed E-state index contributed by atoms with van der Waals surface area (Å²) >= 11 is 0. The van der Waals surface area contributed by atoms with Crippen molar-refractivity contribution in [3.05, 3.63) is 59.7 Å². The Kier molecular flexibility index (Phi) is 8.11. The number of methoxy groups -OCH3 is 1. The van der Waals surface area contributed by atoms with E-state index in [9.17, 15) is 9.90 Å². The summed E-state index contributed by atoms with van der Waals surface area (Å²) < 4.78 is 11.2. The number of anilines is 1. The van der Waals surface area contributed by atoms with E-state index in [1.54, 1.807) is 25.3 Å². The zero-order valence-electron chi connectivity index (χ0n) is 16.1. The lowest BCUT2D eigenvalue weighted by Crippen LogP contribution is -2.47. The normalized spacial score (nSPS) is 17.5. The lowest BCUT2D eigenvalue weighted by atomic mass is 10.1. The van der Waals surface area contributed by atoms with Crippen molar-refractivity contribution in [1.82, 2.24) is 5.32 Å². The van der Waals surface area contributed by atoms with Gasteiger partial charge in [0.25, 0.3) is 0 Å². The highest BCUT2D eigenvalue weighted by Gasteiger charge is 2.22. The molecule has 7 heteroatoms. The summed E-state index contributed by atoms with van der Waals surface area (Å²) in [5.74, 6) is -0.0602. The molecule has 1 aliphatic rings. The molecule has 0 spiro atoms. The maximum Gasteiger partial charge on any atom is 0.335 e. The van der Waals surface area contributed by atoms with Crippen molar-refractivity contribution in [2.24, 2.45) is 0 Å². The van der Waals surface area contributed by atoms with Gasteiger partial charge in [-0.25, -0.2) is 4.79 Å². The minimum absolute atomic E-state index is 0. The van der Waals surface area contributed by atoms with Crippen LogP contribution in [0.5, 0.6) is 5.75 Å². The maximum atomic E-state index is 11.2. The number of carboxylic acids is 1. The van der Waals surface area contributed by atoms with Crippen LogP contribution in [0.4, 0.5) is 5.69 Å². The molecule has 2 N–H and O–H groups in total. The fourth-order valence-corrected chi connectivity index (χ4v) is 3.25. The smallest absolute Gasteiger partial charge is 0.335 e. The van der Waals surface area contributed by atoms with E-state index in [0.29, 0.717) is 18.7 Å². The van der Waals surface area contributed by atoms with E-state index in [2.05, 4.69) is 23.2 Å². The van der Waals surface area contributed by atoms with Crippen LogP contribution in [0.3, 0.4) is 0 Å². The molecule has 1 heterocycles. The van der Waals surface area contributed by atoms with Crippen molar-refractivity contribution >= 4 is 24.1 Å². The Morgan fingerprint density at radius 2 is 2.11 bits per heavy atom. The predicted octanol–water partition coefficient (Wildman–Crippen LogP) is 3.37. The lowest BCUT2D eigenvalue weighted by molar-refractivity contribution is 0.0394. The first-order chi connectivity index (χ1) is 13.1. The monoisotopic (exact) mass is 406 g/mol. The number of rotatable bonds is 7. The second-order valence-corrected chi connectivity index (χ2v) is 6.70. The molecular weight excluding hydrogens is 380 g/mol. The molecule has 3 rings (SSSR count). The summed E-state index contributed by atoms with van der Waals surface area (Å²) in [7, 11) is 1.67. The molecule has 0 amide bonds. The summed E-state index contributed by atoms with van der Waals surface area (Å²) in [5.41, 5.74) is 2.39. The van der Waals surface area contributed by atoms with Crippen LogP contribution >= 0.6 is 12.4 Å². The molecule has 0 radical (unpaired) electrons. The van der Waals surface area contributed by atoms with Gasteiger partial charge in [0.2, 0.25) is 0 Å². The Hall–Kier alpha value is -2.28. The van der Waals surface area contributed by atoms with Gasteiger partial charge in [-0.1, -0.05) is 18.2 Å². The third-order valence-corrected chi connectivity index (χ3v) is 4.84. The summed E-state index contributed by atoms with van der Waals surface area (Å²) in [6, 6.07) is 15.3. The van der Waals surface area contributed by atoms with Crippen LogP contribution in [0.1, 0.15) is 28.9 Å². The van der Waals surface area contributed by atoms with Crippen molar-refractivity contribution in [1.29, 1.82) is 0 Å². The molecule has 0 aromatic heterocycles. The Balaban J connectivity index is 0.00000280. The lowest BCUT2D eigenvalue weighted by Gasteiger charge is -2.35. The number of halogens is 1. The number of carboxylic acid groups (broad SMARTS) is 1. The van der Waals surface area contributed by atoms with Crippen LogP contribution in [0.2, 0.25) is 0 Å². The van der Waals surface area contributed by atoms with Gasteiger partial charge in [-0.3, -0.25) is 0 Å². The van der Waals surface area contributed by atoms with E-state index in [4.69, 9.17) is 9.47 Å². The summed E-state index contributed by atoms with van der Waals surface area (Å²) in [4.78, 5) is 13.4. The Morgan fingerprint density at radius 1 is 1.32 bits per heavy atom. The van der Waals surface area contributed by atoms with Gasteiger partial charge in [0.1, 0.15) is 5.75 Å². The SMILES string of the molecule is COc1cccc([C@@H](C)NCC2CN(c3cccc(C(=O)O)c3)CCO2)c1.Cl. The molecule has 1 saturated heterocycles. The maximum absolute atomic E-state index is 11.2. The molecule has 1 aliphatic heterocycles. The number of aromatic carboxylic acids is 1. The highest BCUT2D eigenvalue weighted by molar-refractivity contribution is 5.88. The average molecular weight is 407 g/mol. The van der Waals surface area contributed by atoms with Gasteiger partial charge < -0.3 is 24.8 Å². The molecule has 2 aromatic carbocycles. The second-order valence-electron chi connectivity index (χ2n) is 6.70. The first kappa shape index (κ1) is 22.0. The van der Waals surface area contributed by atoms with E-state index >= 15 is 0 Å². The molecule has 1 fully saturated rings. The largest absolute Gasteiger partial charge is 0.497 e. The standard InChI is InChI=1S/C21H26N2O4.ClH/c1-15(16-5-4-8-19(12-16)26-2)22-13-20-14-23(9-10-27-20)18-7-3-6-17(11-18)21(24)25;/h3-8,11-12,15,20,22H,9-10,13-14H2,1-2H3,(H,24,25);1H/t15-,20?;/m1./s1. The minimum Gasteiger partial charge on any atom is -0.497 e. The number of nitrogens with one attached hydrogen (secondary N) is 1. The number of hydrogen-bond acceptors (Lipinski definition) is 5. The fourth-order valence-electron chi connectivity index (χ4n) is 3.25. The Morgan fingerprint density at radius 3 is 2.86 bits per heavy atom. The molecule has 0 bridgehead atoms. The van der Waals surface area contributed by atoms with Crippen molar-refractivity contribution in [2.45, 2.75) is 19.1 Å². The Labute approximate surface area is 171 Å². The zero-order valence-corrected chi connectivity index (χ0v) is 16.9. The first-order valence-electron chi connectivity index (χ1n) is 9.14. The molecule has 1 unspecified atom stereocenters.